The first-order valence-electron chi connectivity index (χ1n) is 21.2. The Labute approximate surface area is 392 Å². The number of ether oxygens (including phenoxy) is 1. The molecule has 0 spiro atoms. The fourth-order valence-electron chi connectivity index (χ4n) is 8.32. The van der Waals surface area contributed by atoms with Crippen molar-refractivity contribution in [2.75, 3.05) is 59.2 Å². The molecule has 4 amide bonds. The van der Waals surface area contributed by atoms with Gasteiger partial charge in [0.15, 0.2) is 37.5 Å². The third-order valence-electron chi connectivity index (χ3n) is 11.8. The summed E-state index contributed by atoms with van der Waals surface area (Å²) in [5.74, 6) is -1.63. The van der Waals surface area contributed by atoms with E-state index in [-0.39, 0.29) is 13.1 Å². The average Bonchev–Trinajstić information content (AvgIpc) is 3.86. The summed E-state index contributed by atoms with van der Waals surface area (Å²) >= 11 is 1.33. The van der Waals surface area contributed by atoms with Crippen LogP contribution in [-0.4, -0.2) is 114 Å². The van der Waals surface area contributed by atoms with Gasteiger partial charge in [0.05, 0.1) is 26.0 Å². The zero-order valence-electron chi connectivity index (χ0n) is 36.9. The molecule has 0 unspecified atom stereocenters. The second kappa shape index (κ2) is 21.6. The Morgan fingerprint density at radius 3 is 1.25 bits per heavy atom. The van der Waals surface area contributed by atoms with Gasteiger partial charge in [0.1, 0.15) is 28.2 Å². The van der Waals surface area contributed by atoms with Gasteiger partial charge in [-0.1, -0.05) is 0 Å². The van der Waals surface area contributed by atoms with Crippen LogP contribution in [0.5, 0.6) is 0 Å². The van der Waals surface area contributed by atoms with Crippen molar-refractivity contribution in [3.05, 3.63) is 144 Å². The molecule has 0 aliphatic carbocycles. The van der Waals surface area contributed by atoms with Crippen molar-refractivity contribution in [2.45, 2.75) is 0 Å². The number of amides is 4. The number of carbonyl (C=O) groups excluding carboxylic acids is 4. The van der Waals surface area contributed by atoms with Gasteiger partial charge in [0.25, 0.3) is 46.4 Å². The van der Waals surface area contributed by atoms with Crippen LogP contribution in [0.25, 0.3) is 33.5 Å². The number of aliphatic imine (C=N–C) groups is 1. The molecule has 65 heavy (non-hydrogen) atoms. The van der Waals surface area contributed by atoms with E-state index in [2.05, 4.69) is 139 Å². The van der Waals surface area contributed by atoms with Gasteiger partial charge in [-0.3, -0.25) is 33.9 Å². The first-order valence-corrected chi connectivity index (χ1v) is 24.4. The second-order valence-corrected chi connectivity index (χ2v) is 15.8. The Kier molecular flexibility index (Phi) is 15.6. The monoisotopic (exact) mass is 1070 g/mol. The van der Waals surface area contributed by atoms with Gasteiger partial charge in [-0.15, -0.1) is 0 Å². The Morgan fingerprint density at radius 2 is 0.908 bits per heavy atom. The Balaban J connectivity index is 0.000000172. The number of pyridine rings is 4. The number of morpholine rings is 1. The van der Waals surface area contributed by atoms with Gasteiger partial charge in [-0.2, -0.15) is 18.3 Å². The molecule has 16 heteroatoms. The summed E-state index contributed by atoms with van der Waals surface area (Å²) in [5.41, 5.74) is 6.24. The summed E-state index contributed by atoms with van der Waals surface area (Å²) in [6.07, 6.45) is 11.7. The molecule has 4 aliphatic rings. The zero-order chi connectivity index (χ0) is 46.0. The zero-order valence-corrected chi connectivity index (χ0v) is 40.2. The van der Waals surface area contributed by atoms with E-state index < -0.39 is 23.6 Å². The number of halogens is 1. The van der Waals surface area contributed by atoms with Crippen LogP contribution in [0.4, 0.5) is 0 Å². The van der Waals surface area contributed by atoms with Crippen molar-refractivity contribution >= 4 is 56.5 Å². The van der Waals surface area contributed by atoms with E-state index in [1.165, 1.54) is 50.2 Å². The minimum absolute atomic E-state index is 0.217. The molecule has 0 bridgehead atoms. The summed E-state index contributed by atoms with van der Waals surface area (Å²) in [6.45, 7) is 4.83. The van der Waals surface area contributed by atoms with Crippen molar-refractivity contribution < 1.29 is 64.4 Å². The van der Waals surface area contributed by atoms with Gasteiger partial charge in [0.2, 0.25) is 6.67 Å². The van der Waals surface area contributed by atoms with E-state index in [4.69, 9.17) is 4.74 Å². The minimum atomic E-state index is -0.416. The van der Waals surface area contributed by atoms with E-state index >= 15 is 0 Å². The third kappa shape index (κ3) is 10.2. The first-order chi connectivity index (χ1) is 31.6. The molecule has 2 aromatic carbocycles. The molecule has 1 saturated heterocycles. The molecule has 0 atom stereocenters. The van der Waals surface area contributed by atoms with Crippen LogP contribution in [0, 0.1) is 0 Å². The molecule has 6 aromatic rings. The van der Waals surface area contributed by atoms with Crippen LogP contribution in [-0.2, 0) is 50.5 Å². The number of imide groups is 2. The molecule has 14 nitrogen and oxygen atoms in total. The van der Waals surface area contributed by atoms with Gasteiger partial charge in [-0.25, -0.2) is 9.57 Å². The first kappa shape index (κ1) is 46.7. The van der Waals surface area contributed by atoms with E-state index in [0.717, 1.165) is 13.1 Å². The standard InChI is InChI=1S/C25H24N5O5.2C12H14N2.ClH.Os/c31-22-16-1-3-18-21-19(25(34)30(24(18)33)10-8-28-6-5-26-15-28)4-2-17(20(16)21)23(32)29(22)9-7-27-11-13-35-14-12-27;2*1-13-9-5-3-7-11(13)12-8-4-6-10-14(12)2;;/h1-6H,7-15H2;2*3-10H,1-2H3;1H;/q+1;2*+2;;+1/p-1. The molecule has 0 radical (unpaired) electrons. The van der Waals surface area contributed by atoms with Crippen molar-refractivity contribution in [3.8, 4) is 22.8 Å². The predicted octanol–water partition coefficient (Wildman–Crippen LogP) is 3.18. The summed E-state index contributed by atoms with van der Waals surface area (Å²) in [5, 5.41) is 0.803. The quantitative estimate of drug-likeness (QED) is 0.171. The molecule has 333 valence electrons. The number of nitrogens with zero attached hydrogens (tertiary/aromatic N) is 9. The number of aromatic nitrogens is 4. The molecule has 4 aromatic heterocycles. The molecule has 0 saturated carbocycles. The van der Waals surface area contributed by atoms with Crippen LogP contribution in [0.1, 0.15) is 41.4 Å². The van der Waals surface area contributed by atoms with E-state index in [9.17, 15) is 19.2 Å². The van der Waals surface area contributed by atoms with Crippen LogP contribution < -0.4 is 18.3 Å². The molecule has 0 N–H and O–H groups in total. The number of carbonyl (C=O) groups is 4. The van der Waals surface area contributed by atoms with Crippen LogP contribution in [0.3, 0.4) is 0 Å². The number of hydrogen-bond acceptors (Lipinski definition) is 7. The van der Waals surface area contributed by atoms with Crippen molar-refractivity contribution in [1.29, 1.82) is 0 Å². The van der Waals surface area contributed by atoms with Gasteiger partial charge in [-0.05, 0) is 48.5 Å². The van der Waals surface area contributed by atoms with Crippen molar-refractivity contribution in [3.63, 3.8) is 0 Å². The van der Waals surface area contributed by atoms with Crippen LogP contribution in [0.2, 0.25) is 0 Å². The normalized spacial score (nSPS) is 15.1. The Hall–Kier alpha value is -6.23. The van der Waals surface area contributed by atoms with Crippen LogP contribution >= 0.6 is 9.64 Å². The fraction of sp³-hybridized carbons (Fsp3) is 0.265. The number of rotatable bonds is 8. The third-order valence-corrected chi connectivity index (χ3v) is 11.8. The SMILES string of the molecule is C[n+]1ccccc1-c1cccc[n+]1C.C[n+]1ccccc1-c1cccc[n+]1C.O=C1c2ccc3c4c(ccc(c24)C(=O)N1CCN1CCOCC1)C(=O)N(CC[N+]1=CC=NC1)C3=O.[Cl][Os]. The van der Waals surface area contributed by atoms with E-state index in [1.807, 2.05) is 35.1 Å². The molecule has 1 fully saturated rings. The van der Waals surface area contributed by atoms with E-state index in [1.54, 1.807) is 30.5 Å². The maximum atomic E-state index is 13.4. The molecule has 4 aliphatic heterocycles. The van der Waals surface area contributed by atoms with Crippen LogP contribution in [0.15, 0.2) is 127 Å². The molecular weight excluding hydrogens is 1020 g/mol. The van der Waals surface area contributed by atoms with Gasteiger partial charge >= 0.3 is 27.2 Å². The average molecular weight is 1070 g/mol. The molecule has 10 rings (SSSR count). The van der Waals surface area contributed by atoms with Crippen molar-refractivity contribution in [1.82, 2.24) is 14.7 Å². The number of hydrogen-bond donors (Lipinski definition) is 0. The second-order valence-electron chi connectivity index (χ2n) is 15.8. The number of aryl methyl sites for hydroxylation is 4. The van der Waals surface area contributed by atoms with Gasteiger partial charge in [0, 0.05) is 108 Å². The maximum absolute atomic E-state index is 13.4. The summed E-state index contributed by atoms with van der Waals surface area (Å²) in [6, 6.07) is 31.3. The Bertz CT molecular complexity index is 2580. The molecular formula is C49H52ClN9O5Os+5. The van der Waals surface area contributed by atoms with Crippen molar-refractivity contribution in [2.24, 2.45) is 33.2 Å². The summed E-state index contributed by atoms with van der Waals surface area (Å²) in [7, 11) is 12.9. The topological polar surface area (TPSA) is 118 Å². The van der Waals surface area contributed by atoms with Gasteiger partial charge < -0.3 is 4.74 Å². The predicted molar refractivity (Wildman–Crippen MR) is 241 cm³/mol. The van der Waals surface area contributed by atoms with E-state index in [0.29, 0.717) is 66.0 Å². The summed E-state index contributed by atoms with van der Waals surface area (Å²) < 4.78 is 15.8. The molecule has 8 heterocycles. The fourth-order valence-corrected chi connectivity index (χ4v) is 8.32. The summed E-state index contributed by atoms with van der Waals surface area (Å²) in [4.78, 5) is 62.1. The number of benzene rings is 2. The Morgan fingerprint density at radius 1 is 0.538 bits per heavy atom.